The fourth-order valence-electron chi connectivity index (χ4n) is 1.25. The fourth-order valence-corrected chi connectivity index (χ4v) is 4.25. The summed E-state index contributed by atoms with van der Waals surface area (Å²) in [5.41, 5.74) is 5.87. The van der Waals surface area contributed by atoms with Crippen molar-refractivity contribution in [3.63, 3.8) is 0 Å². The third-order valence-electron chi connectivity index (χ3n) is 2.07. The average molecular weight is 339 g/mol. The summed E-state index contributed by atoms with van der Waals surface area (Å²) in [6.07, 6.45) is 2.13. The Balaban J connectivity index is 3.04. The predicted molar refractivity (Wildman–Crippen MR) is 73.2 cm³/mol. The Bertz CT molecular complexity index is 370. The first-order chi connectivity index (χ1) is 7.06. The lowest BCUT2D eigenvalue weighted by atomic mass is 10.2. The average Bonchev–Trinajstić information content (AvgIpc) is 2.18. The van der Waals surface area contributed by atoms with Crippen molar-refractivity contribution in [2.45, 2.75) is 4.90 Å². The Morgan fingerprint density at radius 3 is 2.80 bits per heavy atom. The molecule has 0 amide bonds. The van der Waals surface area contributed by atoms with Gasteiger partial charge in [0.05, 0.1) is 5.56 Å². The van der Waals surface area contributed by atoms with Crippen LogP contribution >= 0.6 is 33.5 Å². The highest BCUT2D eigenvalue weighted by atomic mass is 127. The van der Waals surface area contributed by atoms with E-state index in [0.717, 1.165) is 14.2 Å². The van der Waals surface area contributed by atoms with Crippen molar-refractivity contribution in [3.8, 4) is 0 Å². The van der Waals surface area contributed by atoms with E-state index in [9.17, 15) is 4.79 Å². The minimum atomic E-state index is -0.871. The van der Waals surface area contributed by atoms with Gasteiger partial charge in [-0.05, 0) is 59.3 Å². The standard InChI is InChI=1S/C10H14INO2S/c1-15(5-4-12)9-6-7(10(13)14)2-3-8(9)11/h2-3,6,15H,4-5,12H2,1H3,(H,13,14). The van der Waals surface area contributed by atoms with Crippen molar-refractivity contribution < 1.29 is 9.90 Å². The molecule has 0 saturated carbocycles. The van der Waals surface area contributed by atoms with Crippen LogP contribution in [0.3, 0.4) is 0 Å². The van der Waals surface area contributed by atoms with Gasteiger partial charge in [-0.1, -0.05) is 0 Å². The maximum absolute atomic E-state index is 10.8. The molecule has 0 aliphatic heterocycles. The highest BCUT2D eigenvalue weighted by molar-refractivity contribution is 14.1. The Labute approximate surface area is 106 Å². The molecule has 1 aromatic carbocycles. The molecule has 1 aromatic rings. The summed E-state index contributed by atoms with van der Waals surface area (Å²) >= 11 is 2.24. The zero-order chi connectivity index (χ0) is 11.4. The summed E-state index contributed by atoms with van der Waals surface area (Å²) in [5, 5.41) is 8.89. The van der Waals surface area contributed by atoms with Gasteiger partial charge in [-0.3, -0.25) is 0 Å². The van der Waals surface area contributed by atoms with E-state index in [1.54, 1.807) is 12.1 Å². The van der Waals surface area contributed by atoms with Crippen molar-refractivity contribution in [3.05, 3.63) is 27.3 Å². The number of hydrogen-bond donors (Lipinski definition) is 3. The number of halogens is 1. The lowest BCUT2D eigenvalue weighted by Gasteiger charge is -2.17. The van der Waals surface area contributed by atoms with E-state index >= 15 is 0 Å². The minimum Gasteiger partial charge on any atom is -0.478 e. The smallest absolute Gasteiger partial charge is 0.335 e. The van der Waals surface area contributed by atoms with Gasteiger partial charge in [0.15, 0.2) is 0 Å². The van der Waals surface area contributed by atoms with Crippen LogP contribution in [0.2, 0.25) is 0 Å². The normalized spacial score (nSPS) is 13.7. The quantitative estimate of drug-likeness (QED) is 0.580. The highest BCUT2D eigenvalue weighted by Gasteiger charge is 2.09. The molecule has 0 spiro atoms. The van der Waals surface area contributed by atoms with E-state index in [1.165, 1.54) is 0 Å². The van der Waals surface area contributed by atoms with Crippen molar-refractivity contribution in [2.75, 3.05) is 18.6 Å². The van der Waals surface area contributed by atoms with Crippen LogP contribution in [0.25, 0.3) is 0 Å². The third kappa shape index (κ3) is 3.35. The first-order valence-electron chi connectivity index (χ1n) is 4.50. The number of thiol groups is 1. The van der Waals surface area contributed by atoms with Gasteiger partial charge >= 0.3 is 5.97 Å². The van der Waals surface area contributed by atoms with E-state index in [0.29, 0.717) is 12.1 Å². The number of aromatic carboxylic acids is 1. The maximum atomic E-state index is 10.8. The van der Waals surface area contributed by atoms with E-state index in [4.69, 9.17) is 10.8 Å². The van der Waals surface area contributed by atoms with Crippen LogP contribution in [0, 0.1) is 3.57 Å². The molecular formula is C10H14INO2S. The van der Waals surface area contributed by atoms with E-state index < -0.39 is 5.97 Å². The number of hydrogen-bond acceptors (Lipinski definition) is 2. The minimum absolute atomic E-state index is 0.333. The molecule has 0 bridgehead atoms. The zero-order valence-electron chi connectivity index (χ0n) is 8.40. The molecule has 3 N–H and O–H groups in total. The Hall–Kier alpha value is -0.270. The van der Waals surface area contributed by atoms with Gasteiger partial charge in [0, 0.05) is 8.47 Å². The zero-order valence-corrected chi connectivity index (χ0v) is 11.5. The molecular weight excluding hydrogens is 325 g/mol. The molecule has 1 rings (SSSR count). The van der Waals surface area contributed by atoms with Crippen LogP contribution in [0.1, 0.15) is 10.4 Å². The van der Waals surface area contributed by atoms with Crippen molar-refractivity contribution in [2.24, 2.45) is 5.73 Å². The molecule has 0 heterocycles. The predicted octanol–water partition coefficient (Wildman–Crippen LogP) is 1.94. The molecule has 0 radical (unpaired) electrons. The van der Waals surface area contributed by atoms with Gasteiger partial charge in [-0.25, -0.2) is 15.7 Å². The Morgan fingerprint density at radius 1 is 1.60 bits per heavy atom. The molecule has 0 aliphatic carbocycles. The molecule has 0 fully saturated rings. The largest absolute Gasteiger partial charge is 0.478 e. The first-order valence-corrected chi connectivity index (χ1v) is 7.55. The van der Waals surface area contributed by atoms with Gasteiger partial charge in [0.25, 0.3) is 0 Å². The molecule has 0 aliphatic rings. The second kappa shape index (κ2) is 5.72. The second-order valence-electron chi connectivity index (χ2n) is 3.18. The summed E-state index contributed by atoms with van der Waals surface area (Å²) in [6.45, 7) is 0.648. The molecule has 84 valence electrons. The number of benzene rings is 1. The summed E-state index contributed by atoms with van der Waals surface area (Å²) in [4.78, 5) is 12.0. The molecule has 1 atom stereocenters. The molecule has 15 heavy (non-hydrogen) atoms. The van der Waals surface area contributed by atoms with Crippen molar-refractivity contribution >= 4 is 39.5 Å². The van der Waals surface area contributed by atoms with Gasteiger partial charge in [0.1, 0.15) is 0 Å². The topological polar surface area (TPSA) is 63.3 Å². The Kier molecular flexibility index (Phi) is 4.88. The highest BCUT2D eigenvalue weighted by Crippen LogP contribution is 2.35. The van der Waals surface area contributed by atoms with E-state index in [-0.39, 0.29) is 10.9 Å². The monoisotopic (exact) mass is 339 g/mol. The number of rotatable bonds is 4. The summed E-state index contributed by atoms with van der Waals surface area (Å²) < 4.78 is 1.12. The summed E-state index contributed by atoms with van der Waals surface area (Å²) in [6, 6.07) is 5.26. The molecule has 5 heteroatoms. The van der Waals surface area contributed by atoms with E-state index in [2.05, 4.69) is 28.8 Å². The Morgan fingerprint density at radius 2 is 2.27 bits per heavy atom. The SMILES string of the molecule is C[SH](CCN)c1cc(C(=O)O)ccc1I. The van der Waals surface area contributed by atoms with Crippen LogP contribution in [-0.4, -0.2) is 29.6 Å². The lowest BCUT2D eigenvalue weighted by molar-refractivity contribution is 0.0696. The number of carboxylic acids is 1. The van der Waals surface area contributed by atoms with Gasteiger partial charge < -0.3 is 10.8 Å². The van der Waals surface area contributed by atoms with Crippen molar-refractivity contribution in [1.29, 1.82) is 0 Å². The van der Waals surface area contributed by atoms with Gasteiger partial charge in [-0.15, -0.1) is 0 Å². The summed E-state index contributed by atoms with van der Waals surface area (Å²) in [5.74, 6) is 0.0674. The van der Waals surface area contributed by atoms with Gasteiger partial charge in [-0.2, -0.15) is 0 Å². The van der Waals surface area contributed by atoms with Crippen LogP contribution in [0.4, 0.5) is 0 Å². The van der Waals surface area contributed by atoms with E-state index in [1.807, 2.05) is 6.07 Å². The molecule has 3 nitrogen and oxygen atoms in total. The number of carbonyl (C=O) groups is 1. The molecule has 1 unspecified atom stereocenters. The number of nitrogens with two attached hydrogens (primary N) is 1. The maximum Gasteiger partial charge on any atom is 0.335 e. The fraction of sp³-hybridized carbons (Fsp3) is 0.300. The van der Waals surface area contributed by atoms with Crippen LogP contribution in [0.15, 0.2) is 23.1 Å². The third-order valence-corrected chi connectivity index (χ3v) is 5.56. The molecule has 0 aromatic heterocycles. The van der Waals surface area contributed by atoms with Crippen LogP contribution < -0.4 is 5.73 Å². The second-order valence-corrected chi connectivity index (χ2v) is 6.67. The van der Waals surface area contributed by atoms with Crippen LogP contribution in [-0.2, 0) is 0 Å². The number of carboxylic acid groups (broad SMARTS) is 1. The lowest BCUT2D eigenvalue weighted by Crippen LogP contribution is -2.06. The first kappa shape index (κ1) is 12.8. The molecule has 0 saturated heterocycles. The van der Waals surface area contributed by atoms with Crippen molar-refractivity contribution in [1.82, 2.24) is 0 Å². The summed E-state index contributed by atoms with van der Waals surface area (Å²) in [7, 11) is -0.333. The van der Waals surface area contributed by atoms with Crippen LogP contribution in [0.5, 0.6) is 0 Å². The van der Waals surface area contributed by atoms with Gasteiger partial charge in [0.2, 0.25) is 0 Å².